The smallest absolute Gasteiger partial charge is 0.227 e. The summed E-state index contributed by atoms with van der Waals surface area (Å²) in [6.07, 6.45) is 2.63. The maximum atomic E-state index is 13.8. The van der Waals surface area contributed by atoms with Gasteiger partial charge in [-0.25, -0.2) is 4.39 Å². The van der Waals surface area contributed by atoms with Crippen molar-refractivity contribution in [2.24, 2.45) is 0 Å². The van der Waals surface area contributed by atoms with E-state index in [1.165, 1.54) is 6.07 Å². The van der Waals surface area contributed by atoms with Crippen LogP contribution in [-0.4, -0.2) is 60.4 Å². The normalized spacial score (nSPS) is 14.2. The molecule has 0 atom stereocenters. The van der Waals surface area contributed by atoms with E-state index in [1.807, 2.05) is 24.3 Å². The lowest BCUT2D eigenvalue weighted by Gasteiger charge is -2.31. The highest BCUT2D eigenvalue weighted by molar-refractivity contribution is 5.76. The van der Waals surface area contributed by atoms with Gasteiger partial charge < -0.3 is 19.3 Å². The number of nitrogens with zero attached hydrogens (tertiary/aromatic N) is 3. The predicted octanol–water partition coefficient (Wildman–Crippen LogP) is 3.92. The lowest BCUT2D eigenvalue weighted by Crippen LogP contribution is -2.38. The van der Waals surface area contributed by atoms with Crippen molar-refractivity contribution in [1.82, 2.24) is 20.4 Å². The van der Waals surface area contributed by atoms with E-state index in [0.717, 1.165) is 43.9 Å². The molecule has 1 saturated heterocycles. The second-order valence-corrected chi connectivity index (χ2v) is 9.07. The first-order valence-electron chi connectivity index (χ1n) is 12.3. The van der Waals surface area contributed by atoms with E-state index in [9.17, 15) is 9.18 Å². The molecule has 8 nitrogen and oxygen atoms in total. The topological polar surface area (TPSA) is 89.7 Å². The van der Waals surface area contributed by atoms with Crippen molar-refractivity contribution in [3.63, 3.8) is 0 Å². The highest BCUT2D eigenvalue weighted by Crippen LogP contribution is 2.19. The van der Waals surface area contributed by atoms with E-state index in [2.05, 4.69) is 27.4 Å². The first-order chi connectivity index (χ1) is 17.5. The van der Waals surface area contributed by atoms with Crippen LogP contribution >= 0.6 is 0 Å². The van der Waals surface area contributed by atoms with Crippen LogP contribution in [-0.2, 0) is 22.5 Å². The first-order valence-corrected chi connectivity index (χ1v) is 12.3. The third-order valence-corrected chi connectivity index (χ3v) is 6.38. The van der Waals surface area contributed by atoms with Crippen LogP contribution in [0.3, 0.4) is 0 Å². The van der Waals surface area contributed by atoms with Crippen LogP contribution in [0.15, 0.2) is 47.0 Å². The summed E-state index contributed by atoms with van der Waals surface area (Å²) in [4.78, 5) is 18.9. The summed E-state index contributed by atoms with van der Waals surface area (Å²) in [7, 11) is 2.13. The van der Waals surface area contributed by atoms with Gasteiger partial charge in [-0.2, -0.15) is 4.98 Å². The van der Waals surface area contributed by atoms with Crippen LogP contribution in [0.4, 0.5) is 4.39 Å². The van der Waals surface area contributed by atoms with Gasteiger partial charge in [0.15, 0.2) is 0 Å². The van der Waals surface area contributed by atoms with Gasteiger partial charge in [-0.05, 0) is 56.1 Å². The van der Waals surface area contributed by atoms with Crippen molar-refractivity contribution in [3.8, 4) is 17.1 Å². The summed E-state index contributed by atoms with van der Waals surface area (Å²) in [5, 5.41) is 6.81. The summed E-state index contributed by atoms with van der Waals surface area (Å²) in [5.41, 5.74) is 2.05. The predicted molar refractivity (Wildman–Crippen MR) is 133 cm³/mol. The third kappa shape index (κ3) is 7.35. The van der Waals surface area contributed by atoms with Crippen LogP contribution in [0, 0.1) is 12.7 Å². The number of aryl methyl sites for hydroxylation is 2. The Balaban J connectivity index is 1.18. The summed E-state index contributed by atoms with van der Waals surface area (Å²) >= 11 is 0. The summed E-state index contributed by atoms with van der Waals surface area (Å²) in [6.45, 7) is 5.20. The number of ether oxygens (including phenoxy) is 2. The molecule has 0 bridgehead atoms. The number of nitrogens with one attached hydrogen (secondary N) is 1. The Bertz CT molecular complexity index is 1150. The molecular weight excluding hydrogens is 463 g/mol. The number of benzene rings is 2. The largest absolute Gasteiger partial charge is 0.492 e. The number of hydrogen-bond acceptors (Lipinski definition) is 7. The van der Waals surface area contributed by atoms with Gasteiger partial charge in [0.1, 0.15) is 18.2 Å². The molecule has 1 N–H and O–H groups in total. The second-order valence-electron chi connectivity index (χ2n) is 9.07. The molecular formula is C27H33FN4O4. The minimum absolute atomic E-state index is 0.125. The molecule has 1 aliphatic heterocycles. The molecule has 1 aromatic heterocycles. The lowest BCUT2D eigenvalue weighted by molar-refractivity contribution is -0.121. The van der Waals surface area contributed by atoms with E-state index in [0.29, 0.717) is 48.5 Å². The zero-order valence-corrected chi connectivity index (χ0v) is 20.8. The van der Waals surface area contributed by atoms with Gasteiger partial charge in [0.05, 0.1) is 0 Å². The summed E-state index contributed by atoms with van der Waals surface area (Å²) in [6, 6.07) is 13.1. The third-order valence-electron chi connectivity index (χ3n) is 6.38. The molecule has 4 rings (SSSR count). The SMILES string of the molecule is Cc1ccc(-c2noc(CCC(=O)NCc3cccc(OCCN(C)C4CCOCC4)c3)n2)cc1F. The van der Waals surface area contributed by atoms with Gasteiger partial charge in [-0.1, -0.05) is 29.4 Å². The quantitative estimate of drug-likeness (QED) is 0.430. The first kappa shape index (κ1) is 25.8. The molecule has 3 aromatic rings. The van der Waals surface area contributed by atoms with Crippen LogP contribution in [0.5, 0.6) is 5.75 Å². The second kappa shape index (κ2) is 12.6. The van der Waals surface area contributed by atoms with Gasteiger partial charge in [0, 0.05) is 50.8 Å². The molecule has 2 heterocycles. The molecule has 1 aliphatic rings. The van der Waals surface area contributed by atoms with Gasteiger partial charge in [-0.15, -0.1) is 0 Å². The van der Waals surface area contributed by atoms with E-state index in [1.54, 1.807) is 19.1 Å². The number of halogens is 1. The average molecular weight is 497 g/mol. The molecule has 192 valence electrons. The van der Waals surface area contributed by atoms with E-state index in [-0.39, 0.29) is 18.1 Å². The minimum atomic E-state index is -0.324. The number of likely N-dealkylation sites (N-methyl/N-ethyl adjacent to an activating group) is 1. The standard InChI is InChI=1S/C27H33FN4O4/c1-19-6-7-21(17-24(19)28)27-30-26(36-31-27)9-8-25(33)29-18-20-4-3-5-23(16-20)35-15-12-32(2)22-10-13-34-14-11-22/h3-7,16-17,22H,8-15,18H2,1-2H3,(H,29,33). The molecule has 0 spiro atoms. The van der Waals surface area contributed by atoms with E-state index in [4.69, 9.17) is 14.0 Å². The lowest BCUT2D eigenvalue weighted by atomic mass is 10.1. The van der Waals surface area contributed by atoms with Crippen LogP contribution in [0.1, 0.15) is 36.3 Å². The van der Waals surface area contributed by atoms with Crippen LogP contribution in [0.25, 0.3) is 11.4 Å². The van der Waals surface area contributed by atoms with Gasteiger partial charge in [0.25, 0.3) is 0 Å². The molecule has 0 aliphatic carbocycles. The number of aromatic nitrogens is 2. The van der Waals surface area contributed by atoms with Crippen molar-refractivity contribution in [2.75, 3.05) is 33.4 Å². The fourth-order valence-corrected chi connectivity index (χ4v) is 4.08. The Kier molecular flexibility index (Phi) is 9.02. The average Bonchev–Trinajstić information content (AvgIpc) is 3.38. The molecule has 2 aromatic carbocycles. The number of rotatable bonds is 11. The van der Waals surface area contributed by atoms with Crippen molar-refractivity contribution in [2.45, 2.75) is 45.2 Å². The molecule has 0 unspecified atom stereocenters. The number of amides is 1. The van der Waals surface area contributed by atoms with E-state index < -0.39 is 0 Å². The molecule has 9 heteroatoms. The van der Waals surface area contributed by atoms with Crippen molar-refractivity contribution in [1.29, 1.82) is 0 Å². The Hall–Kier alpha value is -3.30. The van der Waals surface area contributed by atoms with Crippen LogP contribution in [0.2, 0.25) is 0 Å². The monoisotopic (exact) mass is 496 g/mol. The molecule has 0 saturated carbocycles. The number of hydrogen-bond donors (Lipinski definition) is 1. The molecule has 1 fully saturated rings. The Morgan fingerprint density at radius 3 is 2.86 bits per heavy atom. The van der Waals surface area contributed by atoms with Crippen molar-refractivity contribution in [3.05, 3.63) is 65.3 Å². The van der Waals surface area contributed by atoms with Crippen molar-refractivity contribution >= 4 is 5.91 Å². The Morgan fingerprint density at radius 1 is 1.22 bits per heavy atom. The summed E-state index contributed by atoms with van der Waals surface area (Å²) in [5.74, 6) is 0.978. The zero-order chi connectivity index (χ0) is 25.3. The molecule has 1 amide bonds. The molecule has 0 radical (unpaired) electrons. The van der Waals surface area contributed by atoms with Gasteiger partial charge >= 0.3 is 0 Å². The molecule has 36 heavy (non-hydrogen) atoms. The van der Waals surface area contributed by atoms with E-state index >= 15 is 0 Å². The maximum Gasteiger partial charge on any atom is 0.227 e. The minimum Gasteiger partial charge on any atom is -0.492 e. The highest BCUT2D eigenvalue weighted by atomic mass is 19.1. The fourth-order valence-electron chi connectivity index (χ4n) is 4.08. The number of carbonyl (C=O) groups is 1. The fraction of sp³-hybridized carbons (Fsp3) is 0.444. The summed E-state index contributed by atoms with van der Waals surface area (Å²) < 4.78 is 30.4. The van der Waals surface area contributed by atoms with Crippen LogP contribution < -0.4 is 10.1 Å². The van der Waals surface area contributed by atoms with Gasteiger partial charge in [0.2, 0.25) is 17.6 Å². The Morgan fingerprint density at radius 2 is 2.06 bits per heavy atom. The Labute approximate surface area is 210 Å². The maximum absolute atomic E-state index is 13.8. The van der Waals surface area contributed by atoms with Crippen molar-refractivity contribution < 1.29 is 23.2 Å². The number of carbonyl (C=O) groups excluding carboxylic acids is 1. The highest BCUT2D eigenvalue weighted by Gasteiger charge is 2.18. The zero-order valence-electron chi connectivity index (χ0n) is 20.8. The van der Waals surface area contributed by atoms with Gasteiger partial charge in [-0.3, -0.25) is 9.69 Å².